The van der Waals surface area contributed by atoms with Gasteiger partial charge >= 0.3 is 5.97 Å². The first-order valence-electron chi connectivity index (χ1n) is 6.29. The Balaban J connectivity index is 2.01. The predicted molar refractivity (Wildman–Crippen MR) is 72.1 cm³/mol. The molecule has 2 aromatic rings. The molecule has 20 heavy (non-hydrogen) atoms. The monoisotopic (exact) mass is 277 g/mol. The molecule has 0 saturated heterocycles. The second kappa shape index (κ2) is 5.88. The number of hydrogen-bond donors (Lipinski definition) is 2. The number of furan rings is 1. The smallest absolute Gasteiger partial charge is 0.371 e. The number of nitrogens with one attached hydrogen (secondary N) is 1. The molecule has 0 fully saturated rings. The fourth-order valence-electron chi connectivity index (χ4n) is 1.93. The van der Waals surface area contributed by atoms with Crippen LogP contribution >= 0.6 is 0 Å². The first-order chi connectivity index (χ1) is 9.47. The molecule has 1 aromatic heterocycles. The van der Waals surface area contributed by atoms with Crippen LogP contribution in [0.15, 0.2) is 34.7 Å². The second-order valence-corrected chi connectivity index (χ2v) is 4.65. The van der Waals surface area contributed by atoms with Crippen LogP contribution < -0.4 is 5.32 Å². The van der Waals surface area contributed by atoms with Gasteiger partial charge < -0.3 is 14.8 Å². The van der Waals surface area contributed by atoms with Crippen LogP contribution in [0, 0.1) is 12.7 Å². The van der Waals surface area contributed by atoms with E-state index in [9.17, 15) is 9.18 Å². The summed E-state index contributed by atoms with van der Waals surface area (Å²) < 4.78 is 18.0. The van der Waals surface area contributed by atoms with Crippen molar-refractivity contribution in [2.45, 2.75) is 26.4 Å². The zero-order valence-corrected chi connectivity index (χ0v) is 11.3. The maximum atomic E-state index is 12.8. The SMILES string of the molecule is Cc1oc(C(=O)O)cc1CN[C@@H](C)c1ccc(F)cc1. The van der Waals surface area contributed by atoms with Crippen LogP contribution in [0.1, 0.15) is 40.4 Å². The number of carbonyl (C=O) groups is 1. The topological polar surface area (TPSA) is 62.5 Å². The Morgan fingerprint density at radius 2 is 2.05 bits per heavy atom. The highest BCUT2D eigenvalue weighted by Gasteiger charge is 2.14. The summed E-state index contributed by atoms with van der Waals surface area (Å²) in [5, 5.41) is 12.1. The molecule has 0 aliphatic carbocycles. The third-order valence-electron chi connectivity index (χ3n) is 3.20. The minimum Gasteiger partial charge on any atom is -0.475 e. The van der Waals surface area contributed by atoms with Gasteiger partial charge in [0, 0.05) is 18.2 Å². The van der Waals surface area contributed by atoms with Crippen molar-refractivity contribution in [3.8, 4) is 0 Å². The minimum atomic E-state index is -1.08. The molecule has 0 aliphatic rings. The zero-order valence-electron chi connectivity index (χ0n) is 11.3. The highest BCUT2D eigenvalue weighted by Crippen LogP contribution is 2.17. The number of carboxylic acid groups (broad SMARTS) is 1. The summed E-state index contributed by atoms with van der Waals surface area (Å²) in [4.78, 5) is 10.8. The minimum absolute atomic E-state index is 0.0261. The summed E-state index contributed by atoms with van der Waals surface area (Å²) in [5.74, 6) is -0.821. The van der Waals surface area contributed by atoms with Gasteiger partial charge in [-0.05, 0) is 37.6 Å². The lowest BCUT2D eigenvalue weighted by atomic mass is 10.1. The highest BCUT2D eigenvalue weighted by molar-refractivity contribution is 5.84. The van der Waals surface area contributed by atoms with Crippen LogP contribution in [0.4, 0.5) is 4.39 Å². The molecule has 2 N–H and O–H groups in total. The second-order valence-electron chi connectivity index (χ2n) is 4.65. The van der Waals surface area contributed by atoms with Gasteiger partial charge in [-0.1, -0.05) is 12.1 Å². The normalized spacial score (nSPS) is 12.3. The summed E-state index contributed by atoms with van der Waals surface area (Å²) >= 11 is 0. The van der Waals surface area contributed by atoms with E-state index in [2.05, 4.69) is 5.32 Å². The Kier molecular flexibility index (Phi) is 4.20. The predicted octanol–water partition coefficient (Wildman–Crippen LogP) is 3.28. The lowest BCUT2D eigenvalue weighted by Gasteiger charge is -2.13. The molecule has 5 heteroatoms. The lowest BCUT2D eigenvalue weighted by molar-refractivity contribution is 0.0661. The molecule has 2 rings (SSSR count). The quantitative estimate of drug-likeness (QED) is 0.880. The molecule has 1 heterocycles. The number of carboxylic acids is 1. The van der Waals surface area contributed by atoms with Crippen LogP contribution in [0.25, 0.3) is 0 Å². The van der Waals surface area contributed by atoms with E-state index in [0.717, 1.165) is 11.1 Å². The molecule has 0 saturated carbocycles. The molecule has 0 amide bonds. The van der Waals surface area contributed by atoms with Gasteiger partial charge in [-0.3, -0.25) is 0 Å². The van der Waals surface area contributed by atoms with Crippen molar-refractivity contribution in [1.29, 1.82) is 0 Å². The van der Waals surface area contributed by atoms with Gasteiger partial charge in [0.25, 0.3) is 0 Å². The summed E-state index contributed by atoms with van der Waals surface area (Å²) in [6.45, 7) is 4.17. The molecule has 0 aliphatic heterocycles. The number of aromatic carboxylic acids is 1. The number of rotatable bonds is 5. The maximum absolute atomic E-state index is 12.8. The van der Waals surface area contributed by atoms with Crippen LogP contribution in [0.3, 0.4) is 0 Å². The molecular formula is C15H16FNO3. The molecule has 0 bridgehead atoms. The Hall–Kier alpha value is -2.14. The van der Waals surface area contributed by atoms with E-state index in [1.165, 1.54) is 18.2 Å². The van der Waals surface area contributed by atoms with E-state index in [0.29, 0.717) is 12.3 Å². The van der Waals surface area contributed by atoms with E-state index < -0.39 is 5.97 Å². The highest BCUT2D eigenvalue weighted by atomic mass is 19.1. The van der Waals surface area contributed by atoms with Crippen LogP contribution in [0.5, 0.6) is 0 Å². The van der Waals surface area contributed by atoms with Crippen molar-refractivity contribution in [3.05, 3.63) is 58.8 Å². The van der Waals surface area contributed by atoms with E-state index >= 15 is 0 Å². The zero-order chi connectivity index (χ0) is 14.7. The number of benzene rings is 1. The molecule has 0 unspecified atom stereocenters. The van der Waals surface area contributed by atoms with Gasteiger partial charge in [0.15, 0.2) is 0 Å². The van der Waals surface area contributed by atoms with Crippen molar-refractivity contribution in [2.75, 3.05) is 0 Å². The third kappa shape index (κ3) is 3.24. The first kappa shape index (κ1) is 14.3. The number of hydrogen-bond acceptors (Lipinski definition) is 3. The molecule has 1 atom stereocenters. The Morgan fingerprint density at radius 1 is 1.40 bits per heavy atom. The van der Waals surface area contributed by atoms with Gasteiger partial charge in [0.2, 0.25) is 5.76 Å². The molecule has 0 radical (unpaired) electrons. The molecular weight excluding hydrogens is 261 g/mol. The molecule has 0 spiro atoms. The van der Waals surface area contributed by atoms with Gasteiger partial charge in [-0.25, -0.2) is 9.18 Å². The standard InChI is InChI=1S/C15H16FNO3/c1-9(11-3-5-13(16)6-4-11)17-8-12-7-14(15(18)19)20-10(12)2/h3-7,9,17H,8H2,1-2H3,(H,18,19)/t9-/m0/s1. The molecule has 106 valence electrons. The molecule has 4 nitrogen and oxygen atoms in total. The first-order valence-corrected chi connectivity index (χ1v) is 6.29. The summed E-state index contributed by atoms with van der Waals surface area (Å²) in [6, 6.07) is 7.81. The van der Waals surface area contributed by atoms with E-state index in [1.54, 1.807) is 19.1 Å². The Labute approximate surface area is 116 Å². The molecule has 1 aromatic carbocycles. The Bertz CT molecular complexity index is 604. The van der Waals surface area contributed by atoms with E-state index in [1.807, 2.05) is 6.92 Å². The van der Waals surface area contributed by atoms with Crippen molar-refractivity contribution < 1.29 is 18.7 Å². The van der Waals surface area contributed by atoms with Crippen molar-refractivity contribution in [1.82, 2.24) is 5.32 Å². The van der Waals surface area contributed by atoms with Gasteiger partial charge in [0.1, 0.15) is 11.6 Å². The number of halogens is 1. The van der Waals surface area contributed by atoms with Crippen molar-refractivity contribution in [3.63, 3.8) is 0 Å². The summed E-state index contributed by atoms with van der Waals surface area (Å²) in [6.07, 6.45) is 0. The Morgan fingerprint density at radius 3 is 2.60 bits per heavy atom. The van der Waals surface area contributed by atoms with Gasteiger partial charge in [-0.15, -0.1) is 0 Å². The van der Waals surface area contributed by atoms with Crippen molar-refractivity contribution >= 4 is 5.97 Å². The van der Waals surface area contributed by atoms with Gasteiger partial charge in [0.05, 0.1) is 0 Å². The van der Waals surface area contributed by atoms with Crippen LogP contribution in [-0.2, 0) is 6.54 Å². The fourth-order valence-corrected chi connectivity index (χ4v) is 1.93. The average Bonchev–Trinajstić information content (AvgIpc) is 2.78. The van der Waals surface area contributed by atoms with Crippen molar-refractivity contribution in [2.24, 2.45) is 0 Å². The van der Waals surface area contributed by atoms with Crippen LogP contribution in [0.2, 0.25) is 0 Å². The number of aryl methyl sites for hydroxylation is 1. The third-order valence-corrected chi connectivity index (χ3v) is 3.20. The van der Waals surface area contributed by atoms with Gasteiger partial charge in [-0.2, -0.15) is 0 Å². The summed E-state index contributed by atoms with van der Waals surface area (Å²) in [5.41, 5.74) is 1.77. The largest absolute Gasteiger partial charge is 0.475 e. The summed E-state index contributed by atoms with van der Waals surface area (Å²) in [7, 11) is 0. The lowest BCUT2D eigenvalue weighted by Crippen LogP contribution is -2.18. The van der Waals surface area contributed by atoms with E-state index in [-0.39, 0.29) is 17.6 Å². The van der Waals surface area contributed by atoms with E-state index in [4.69, 9.17) is 9.52 Å². The average molecular weight is 277 g/mol. The maximum Gasteiger partial charge on any atom is 0.371 e. The fraction of sp³-hybridized carbons (Fsp3) is 0.267. The van der Waals surface area contributed by atoms with Crippen LogP contribution in [-0.4, -0.2) is 11.1 Å².